The summed E-state index contributed by atoms with van der Waals surface area (Å²) in [5.74, 6) is 0.609. The standard InChI is InChI=1S/C16H29N3O/c1-12(2)10-20-15-8-14(16(15,4)5)18-13(3)9-19-7-6-17-11-19/h6-7,11-15,18H,8-10H2,1-5H3. The molecule has 1 aliphatic carbocycles. The molecule has 1 fully saturated rings. The average molecular weight is 279 g/mol. The lowest BCUT2D eigenvalue weighted by Gasteiger charge is -2.53. The molecule has 0 spiro atoms. The lowest BCUT2D eigenvalue weighted by Crippen LogP contribution is -2.62. The van der Waals surface area contributed by atoms with Crippen molar-refractivity contribution in [3.05, 3.63) is 18.7 Å². The summed E-state index contributed by atoms with van der Waals surface area (Å²) in [5, 5.41) is 3.73. The fraction of sp³-hybridized carbons (Fsp3) is 0.812. The van der Waals surface area contributed by atoms with Crippen molar-refractivity contribution >= 4 is 0 Å². The molecule has 2 rings (SSSR count). The van der Waals surface area contributed by atoms with E-state index in [-0.39, 0.29) is 5.41 Å². The fourth-order valence-corrected chi connectivity index (χ4v) is 2.87. The summed E-state index contributed by atoms with van der Waals surface area (Å²) in [6.07, 6.45) is 7.23. The van der Waals surface area contributed by atoms with Crippen LogP contribution in [0.2, 0.25) is 0 Å². The molecule has 4 heteroatoms. The predicted octanol–water partition coefficient (Wildman–Crippen LogP) is 2.70. The van der Waals surface area contributed by atoms with E-state index in [2.05, 4.69) is 49.5 Å². The van der Waals surface area contributed by atoms with Gasteiger partial charge in [0, 0.05) is 43.0 Å². The Morgan fingerprint density at radius 2 is 2.15 bits per heavy atom. The molecule has 1 saturated carbocycles. The number of hydrogen-bond donors (Lipinski definition) is 1. The number of imidazole rings is 1. The highest BCUT2D eigenvalue weighted by Gasteiger charge is 2.49. The van der Waals surface area contributed by atoms with E-state index in [9.17, 15) is 0 Å². The SMILES string of the molecule is CC(C)COC1CC(NC(C)Cn2ccnc2)C1(C)C. The summed E-state index contributed by atoms with van der Waals surface area (Å²) in [6, 6.07) is 0.984. The van der Waals surface area contributed by atoms with E-state index >= 15 is 0 Å². The minimum Gasteiger partial charge on any atom is -0.377 e. The predicted molar refractivity (Wildman–Crippen MR) is 81.6 cm³/mol. The van der Waals surface area contributed by atoms with E-state index in [4.69, 9.17) is 4.74 Å². The Morgan fingerprint density at radius 3 is 2.70 bits per heavy atom. The Labute approximate surface area is 122 Å². The second-order valence-electron chi connectivity index (χ2n) is 7.15. The zero-order chi connectivity index (χ0) is 14.8. The summed E-state index contributed by atoms with van der Waals surface area (Å²) in [7, 11) is 0. The molecule has 3 atom stereocenters. The Bertz CT molecular complexity index is 400. The Kier molecular flexibility index (Phi) is 4.86. The van der Waals surface area contributed by atoms with Gasteiger partial charge >= 0.3 is 0 Å². The molecule has 0 bridgehead atoms. The highest BCUT2D eigenvalue weighted by Crippen LogP contribution is 2.43. The topological polar surface area (TPSA) is 39.1 Å². The zero-order valence-corrected chi connectivity index (χ0v) is 13.5. The van der Waals surface area contributed by atoms with Crippen molar-refractivity contribution in [2.75, 3.05) is 6.61 Å². The first kappa shape index (κ1) is 15.5. The largest absolute Gasteiger partial charge is 0.377 e. The number of hydrogen-bond acceptors (Lipinski definition) is 3. The minimum absolute atomic E-state index is 0.220. The van der Waals surface area contributed by atoms with Crippen molar-refractivity contribution in [1.29, 1.82) is 0 Å². The highest BCUT2D eigenvalue weighted by molar-refractivity contribution is 5.03. The summed E-state index contributed by atoms with van der Waals surface area (Å²) in [5.41, 5.74) is 0.220. The van der Waals surface area contributed by atoms with Gasteiger partial charge in [-0.15, -0.1) is 0 Å². The first-order valence-corrected chi connectivity index (χ1v) is 7.73. The van der Waals surface area contributed by atoms with Gasteiger partial charge in [0.05, 0.1) is 12.4 Å². The third-order valence-electron chi connectivity index (χ3n) is 4.34. The van der Waals surface area contributed by atoms with Gasteiger partial charge in [0.1, 0.15) is 0 Å². The van der Waals surface area contributed by atoms with Crippen molar-refractivity contribution in [2.24, 2.45) is 11.3 Å². The van der Waals surface area contributed by atoms with Gasteiger partial charge < -0.3 is 14.6 Å². The van der Waals surface area contributed by atoms with Crippen molar-refractivity contribution in [2.45, 2.75) is 65.8 Å². The van der Waals surface area contributed by atoms with E-state index in [1.54, 1.807) is 0 Å². The maximum atomic E-state index is 6.02. The number of nitrogens with zero attached hydrogens (tertiary/aromatic N) is 2. The van der Waals surface area contributed by atoms with Gasteiger partial charge in [-0.25, -0.2) is 4.98 Å². The first-order chi connectivity index (χ1) is 9.39. The van der Waals surface area contributed by atoms with E-state index in [1.165, 1.54) is 0 Å². The Balaban J connectivity index is 1.77. The molecule has 20 heavy (non-hydrogen) atoms. The molecule has 0 amide bonds. The van der Waals surface area contributed by atoms with Crippen LogP contribution < -0.4 is 5.32 Å². The molecule has 3 unspecified atom stereocenters. The van der Waals surface area contributed by atoms with E-state index in [0.717, 1.165) is 19.6 Å². The summed E-state index contributed by atoms with van der Waals surface area (Å²) in [6.45, 7) is 13.1. The molecule has 1 aromatic heterocycles. The Hall–Kier alpha value is -0.870. The lowest BCUT2D eigenvalue weighted by molar-refractivity contribution is -0.125. The number of rotatable bonds is 7. The fourth-order valence-electron chi connectivity index (χ4n) is 2.87. The van der Waals surface area contributed by atoms with Gasteiger partial charge in [-0.2, -0.15) is 0 Å². The molecular formula is C16H29N3O. The van der Waals surface area contributed by atoms with Crippen molar-refractivity contribution < 1.29 is 4.74 Å². The van der Waals surface area contributed by atoms with Crippen LogP contribution in [0.4, 0.5) is 0 Å². The molecule has 1 aliphatic rings. The quantitative estimate of drug-likeness (QED) is 0.834. The third-order valence-corrected chi connectivity index (χ3v) is 4.34. The van der Waals surface area contributed by atoms with Gasteiger partial charge in [0.25, 0.3) is 0 Å². The summed E-state index contributed by atoms with van der Waals surface area (Å²) < 4.78 is 8.14. The van der Waals surface area contributed by atoms with E-state index in [1.807, 2.05) is 18.7 Å². The molecule has 0 saturated heterocycles. The van der Waals surface area contributed by atoms with Gasteiger partial charge in [0.15, 0.2) is 0 Å². The molecule has 1 N–H and O–H groups in total. The number of aromatic nitrogens is 2. The van der Waals surface area contributed by atoms with Crippen LogP contribution in [-0.2, 0) is 11.3 Å². The Morgan fingerprint density at radius 1 is 1.40 bits per heavy atom. The maximum Gasteiger partial charge on any atom is 0.0946 e. The summed E-state index contributed by atoms with van der Waals surface area (Å²) >= 11 is 0. The number of ether oxygens (including phenoxy) is 1. The maximum absolute atomic E-state index is 6.02. The summed E-state index contributed by atoms with van der Waals surface area (Å²) in [4.78, 5) is 4.09. The third kappa shape index (κ3) is 3.61. The van der Waals surface area contributed by atoms with Crippen LogP contribution in [0.25, 0.3) is 0 Å². The van der Waals surface area contributed by atoms with Crippen molar-refractivity contribution in [3.8, 4) is 0 Å². The van der Waals surface area contributed by atoms with Gasteiger partial charge in [0.2, 0.25) is 0 Å². The normalized spacial score (nSPS) is 26.5. The van der Waals surface area contributed by atoms with Crippen molar-refractivity contribution in [3.63, 3.8) is 0 Å². The first-order valence-electron chi connectivity index (χ1n) is 7.73. The zero-order valence-electron chi connectivity index (χ0n) is 13.5. The second kappa shape index (κ2) is 6.27. The second-order valence-corrected chi connectivity index (χ2v) is 7.15. The van der Waals surface area contributed by atoms with Gasteiger partial charge in [-0.05, 0) is 19.3 Å². The smallest absolute Gasteiger partial charge is 0.0946 e. The molecule has 1 heterocycles. The van der Waals surface area contributed by atoms with E-state index < -0.39 is 0 Å². The molecule has 0 aromatic carbocycles. The van der Waals surface area contributed by atoms with Crippen LogP contribution in [0.3, 0.4) is 0 Å². The van der Waals surface area contributed by atoms with Crippen LogP contribution in [0, 0.1) is 11.3 Å². The average Bonchev–Trinajstić information content (AvgIpc) is 2.85. The molecule has 4 nitrogen and oxygen atoms in total. The number of nitrogens with one attached hydrogen (secondary N) is 1. The van der Waals surface area contributed by atoms with Gasteiger partial charge in [-0.3, -0.25) is 0 Å². The van der Waals surface area contributed by atoms with Gasteiger partial charge in [-0.1, -0.05) is 27.7 Å². The van der Waals surface area contributed by atoms with Crippen LogP contribution in [0.5, 0.6) is 0 Å². The van der Waals surface area contributed by atoms with Crippen molar-refractivity contribution in [1.82, 2.24) is 14.9 Å². The molecule has 0 radical (unpaired) electrons. The molecule has 0 aliphatic heterocycles. The van der Waals surface area contributed by atoms with Crippen LogP contribution >= 0.6 is 0 Å². The van der Waals surface area contributed by atoms with E-state index in [0.29, 0.717) is 24.1 Å². The molecular weight excluding hydrogens is 250 g/mol. The van der Waals surface area contributed by atoms with Crippen LogP contribution in [0.1, 0.15) is 41.0 Å². The van der Waals surface area contributed by atoms with Crippen LogP contribution in [0.15, 0.2) is 18.7 Å². The minimum atomic E-state index is 0.220. The molecule has 1 aromatic rings. The van der Waals surface area contributed by atoms with Crippen LogP contribution in [-0.4, -0.2) is 34.3 Å². The highest BCUT2D eigenvalue weighted by atomic mass is 16.5. The lowest BCUT2D eigenvalue weighted by atomic mass is 9.64. The monoisotopic (exact) mass is 279 g/mol. The molecule has 114 valence electrons.